The zero-order valence-electron chi connectivity index (χ0n) is 19.3. The Morgan fingerprint density at radius 3 is 1.87 bits per heavy atom. The average Bonchev–Trinajstić information content (AvgIpc) is 2.61. The molecule has 2 aromatic rings. The SMILES string of the molecule is COc1c(C)cc(C)cc1N=NO[Si](C)(C)C.COc1c(C)cc(C)cc1NN=O. The van der Waals surface area contributed by atoms with Crippen molar-refractivity contribution in [1.29, 1.82) is 0 Å². The van der Waals surface area contributed by atoms with E-state index in [1.807, 2.05) is 45.9 Å². The number of methoxy groups -OCH3 is 2. The van der Waals surface area contributed by atoms with Crippen molar-refractivity contribution in [1.82, 2.24) is 0 Å². The first-order valence-corrected chi connectivity index (χ1v) is 12.9. The van der Waals surface area contributed by atoms with E-state index in [2.05, 4.69) is 46.8 Å². The van der Waals surface area contributed by atoms with Crippen LogP contribution in [-0.4, -0.2) is 22.5 Å². The van der Waals surface area contributed by atoms with Crippen molar-refractivity contribution in [2.24, 2.45) is 15.7 Å². The van der Waals surface area contributed by atoms with Crippen LogP contribution >= 0.6 is 0 Å². The standard InChI is InChI=1S/C12H20N2O2Si.C9H12N2O2/c1-9-7-10(2)12(15-3)11(8-9)13-14-16-17(4,5)6;1-6-4-7(2)9(13-3)8(5-6)10-11-12/h7-8H,1-6H3;4-5H,1-3H3,(H,10,12). The van der Waals surface area contributed by atoms with Crippen molar-refractivity contribution in [3.05, 3.63) is 51.4 Å². The Kier molecular flexibility index (Phi) is 9.45. The van der Waals surface area contributed by atoms with Gasteiger partial charge in [0.25, 0.3) is 8.32 Å². The van der Waals surface area contributed by atoms with Crippen LogP contribution in [0, 0.1) is 32.6 Å². The molecule has 0 aliphatic rings. The van der Waals surface area contributed by atoms with Gasteiger partial charge in [0.05, 0.1) is 19.5 Å². The Balaban J connectivity index is 0.000000311. The minimum absolute atomic E-state index is 0.606. The highest BCUT2D eigenvalue weighted by molar-refractivity contribution is 6.69. The first-order valence-electron chi connectivity index (χ1n) is 9.50. The van der Waals surface area contributed by atoms with Crippen LogP contribution in [0.5, 0.6) is 11.5 Å². The first-order chi connectivity index (χ1) is 14.0. The Labute approximate surface area is 179 Å². The van der Waals surface area contributed by atoms with Gasteiger partial charge in [0, 0.05) is 5.28 Å². The maximum absolute atomic E-state index is 10.0. The molecule has 0 bridgehead atoms. The fourth-order valence-electron chi connectivity index (χ4n) is 2.82. The third-order valence-corrected chi connectivity index (χ3v) is 4.49. The molecule has 1 N–H and O–H groups in total. The molecule has 0 aromatic heterocycles. The molecule has 2 rings (SSSR count). The Morgan fingerprint density at radius 1 is 0.833 bits per heavy atom. The fourth-order valence-corrected chi connectivity index (χ4v) is 3.10. The largest absolute Gasteiger partial charge is 0.494 e. The predicted octanol–water partition coefficient (Wildman–Crippen LogP) is 6.57. The molecular weight excluding hydrogens is 400 g/mol. The quantitative estimate of drug-likeness (QED) is 0.231. The van der Waals surface area contributed by atoms with E-state index in [-0.39, 0.29) is 0 Å². The van der Waals surface area contributed by atoms with Crippen LogP contribution in [0.2, 0.25) is 19.6 Å². The molecule has 30 heavy (non-hydrogen) atoms. The summed E-state index contributed by atoms with van der Waals surface area (Å²) in [5.41, 5.74) is 7.89. The van der Waals surface area contributed by atoms with Gasteiger partial charge in [-0.3, -0.25) is 0 Å². The summed E-state index contributed by atoms with van der Waals surface area (Å²) in [6, 6.07) is 7.78. The molecule has 0 heterocycles. The molecule has 9 heteroatoms. The van der Waals surface area contributed by atoms with Gasteiger partial charge in [-0.15, -0.1) is 10.0 Å². The second-order valence-electron chi connectivity index (χ2n) is 7.89. The van der Waals surface area contributed by atoms with Crippen LogP contribution in [0.4, 0.5) is 11.4 Å². The number of aryl methyl sites for hydroxylation is 4. The minimum atomic E-state index is -1.67. The highest BCUT2D eigenvalue weighted by Gasteiger charge is 2.16. The van der Waals surface area contributed by atoms with E-state index in [4.69, 9.17) is 14.0 Å². The second-order valence-corrected chi connectivity index (χ2v) is 12.3. The maximum atomic E-state index is 10.0. The molecule has 0 saturated carbocycles. The number of benzene rings is 2. The van der Waals surface area contributed by atoms with E-state index in [1.165, 1.54) is 0 Å². The van der Waals surface area contributed by atoms with Gasteiger partial charge in [-0.1, -0.05) is 12.1 Å². The Bertz CT molecular complexity index is 896. The van der Waals surface area contributed by atoms with Crippen molar-refractivity contribution in [2.75, 3.05) is 19.6 Å². The van der Waals surface area contributed by atoms with Gasteiger partial charge in [0.15, 0.2) is 0 Å². The summed E-state index contributed by atoms with van der Waals surface area (Å²) in [5.74, 6) is 1.41. The predicted molar refractivity (Wildman–Crippen MR) is 123 cm³/mol. The van der Waals surface area contributed by atoms with Crippen molar-refractivity contribution in [2.45, 2.75) is 47.3 Å². The summed E-state index contributed by atoms with van der Waals surface area (Å²) >= 11 is 0. The molecule has 0 amide bonds. The molecule has 0 unspecified atom stereocenters. The zero-order valence-corrected chi connectivity index (χ0v) is 20.3. The molecule has 0 aliphatic carbocycles. The van der Waals surface area contributed by atoms with Gasteiger partial charge in [-0.2, -0.15) is 0 Å². The molecular formula is C21H32N4O4Si. The van der Waals surface area contributed by atoms with Gasteiger partial charge >= 0.3 is 0 Å². The van der Waals surface area contributed by atoms with Crippen LogP contribution in [-0.2, 0) is 4.53 Å². The number of ether oxygens (including phenoxy) is 2. The molecule has 0 aliphatic heterocycles. The zero-order chi connectivity index (χ0) is 22.9. The van der Waals surface area contributed by atoms with E-state index < -0.39 is 8.32 Å². The summed E-state index contributed by atoms with van der Waals surface area (Å²) in [5, 5.41) is 10.5. The van der Waals surface area contributed by atoms with Crippen LogP contribution in [0.1, 0.15) is 22.3 Å². The fraction of sp³-hybridized carbons (Fsp3) is 0.429. The van der Waals surface area contributed by atoms with Crippen molar-refractivity contribution in [3.63, 3.8) is 0 Å². The van der Waals surface area contributed by atoms with Gasteiger partial charge in [0.1, 0.15) is 22.9 Å². The molecule has 0 atom stereocenters. The van der Waals surface area contributed by atoms with Crippen LogP contribution in [0.3, 0.4) is 0 Å². The van der Waals surface area contributed by atoms with Crippen LogP contribution < -0.4 is 14.9 Å². The first kappa shape index (κ1) is 25.1. The van der Waals surface area contributed by atoms with E-state index >= 15 is 0 Å². The Morgan fingerprint density at radius 2 is 1.37 bits per heavy atom. The van der Waals surface area contributed by atoms with Gasteiger partial charge in [-0.25, -0.2) is 5.43 Å². The summed E-state index contributed by atoms with van der Waals surface area (Å²) in [7, 11) is 1.53. The molecule has 2 aromatic carbocycles. The van der Waals surface area contributed by atoms with Crippen LogP contribution in [0.15, 0.2) is 39.9 Å². The number of hydrogen-bond acceptors (Lipinski definition) is 7. The lowest BCUT2D eigenvalue weighted by Gasteiger charge is -2.12. The van der Waals surface area contributed by atoms with E-state index in [0.717, 1.165) is 28.0 Å². The summed E-state index contributed by atoms with van der Waals surface area (Å²) < 4.78 is 15.8. The van der Waals surface area contributed by atoms with Crippen molar-refractivity contribution in [3.8, 4) is 11.5 Å². The van der Waals surface area contributed by atoms with E-state index in [1.54, 1.807) is 14.2 Å². The highest BCUT2D eigenvalue weighted by Crippen LogP contribution is 2.33. The molecule has 164 valence electrons. The number of anilines is 1. The average molecular weight is 433 g/mol. The summed E-state index contributed by atoms with van der Waals surface area (Å²) in [6.45, 7) is 14.1. The number of rotatable bonds is 7. The van der Waals surface area contributed by atoms with Crippen molar-refractivity contribution < 1.29 is 14.0 Å². The lowest BCUT2D eigenvalue weighted by molar-refractivity contribution is 0.305. The second kappa shape index (κ2) is 11.3. The third-order valence-electron chi connectivity index (χ3n) is 3.86. The minimum Gasteiger partial charge on any atom is -0.494 e. The summed E-state index contributed by atoms with van der Waals surface area (Å²) in [6.07, 6.45) is 0. The summed E-state index contributed by atoms with van der Waals surface area (Å²) in [4.78, 5) is 10.0. The van der Waals surface area contributed by atoms with Gasteiger partial charge in [-0.05, 0) is 81.7 Å². The van der Waals surface area contributed by atoms with Gasteiger partial charge in [0.2, 0.25) is 0 Å². The Hall–Kier alpha value is -2.94. The van der Waals surface area contributed by atoms with E-state index in [9.17, 15) is 4.91 Å². The lowest BCUT2D eigenvalue weighted by atomic mass is 10.1. The number of nitrogens with one attached hydrogen (secondary N) is 1. The van der Waals surface area contributed by atoms with Crippen LogP contribution in [0.25, 0.3) is 0 Å². The third kappa shape index (κ3) is 7.82. The lowest BCUT2D eigenvalue weighted by Crippen LogP contribution is -2.21. The molecule has 0 spiro atoms. The monoisotopic (exact) mass is 432 g/mol. The highest BCUT2D eigenvalue weighted by atomic mass is 28.4. The molecule has 0 radical (unpaired) electrons. The maximum Gasteiger partial charge on any atom is 0.280 e. The normalized spacial score (nSPS) is 10.8. The van der Waals surface area contributed by atoms with E-state index in [0.29, 0.717) is 17.1 Å². The molecule has 0 fully saturated rings. The molecule has 8 nitrogen and oxygen atoms in total. The number of nitrogens with zero attached hydrogens (tertiary/aromatic N) is 3. The van der Waals surface area contributed by atoms with Gasteiger partial charge < -0.3 is 14.0 Å². The van der Waals surface area contributed by atoms with Crippen molar-refractivity contribution >= 4 is 19.7 Å². The smallest absolute Gasteiger partial charge is 0.280 e. The molecule has 0 saturated heterocycles. The topological polar surface area (TPSA) is 93.9 Å². The number of nitroso groups, excluding NO2 is 1. The number of hydrogen-bond donors (Lipinski definition) is 1.